The van der Waals surface area contributed by atoms with Crippen molar-refractivity contribution >= 4 is 5.91 Å². The quantitative estimate of drug-likeness (QED) is 0.617. The summed E-state index contributed by atoms with van der Waals surface area (Å²) in [5.74, 6) is 1.01. The molecule has 0 radical (unpaired) electrons. The number of nitrogens with one attached hydrogen (secondary N) is 1. The highest BCUT2D eigenvalue weighted by atomic mass is 19.1. The summed E-state index contributed by atoms with van der Waals surface area (Å²) in [5.41, 5.74) is 7.24. The number of benzene rings is 1. The molecule has 0 atom stereocenters. The average Bonchev–Trinajstić information content (AvgIpc) is 2.86. The van der Waals surface area contributed by atoms with E-state index in [2.05, 4.69) is 17.4 Å². The van der Waals surface area contributed by atoms with Gasteiger partial charge < -0.3 is 20.5 Å². The Balaban J connectivity index is 1.33. The minimum Gasteiger partial charge on any atom is -0.489 e. The fourth-order valence-electron chi connectivity index (χ4n) is 5.96. The maximum absolute atomic E-state index is 13.3. The van der Waals surface area contributed by atoms with Crippen LogP contribution in [0.3, 0.4) is 0 Å². The number of nitrogens with two attached hydrogens (primary N) is 1. The third-order valence-electron chi connectivity index (χ3n) is 8.38. The summed E-state index contributed by atoms with van der Waals surface area (Å²) in [7, 11) is 1.78. The number of carbonyl (C=O) groups is 1. The number of fused-ring (bicyclic) bond motifs is 3. The van der Waals surface area contributed by atoms with Crippen molar-refractivity contribution in [2.75, 3.05) is 20.3 Å². The van der Waals surface area contributed by atoms with Crippen molar-refractivity contribution in [2.45, 2.75) is 81.8 Å². The Morgan fingerprint density at radius 3 is 2.25 bits per heavy atom. The summed E-state index contributed by atoms with van der Waals surface area (Å²) < 4.78 is 23.8. The zero-order chi connectivity index (χ0) is 22.6. The van der Waals surface area contributed by atoms with Crippen LogP contribution in [0.5, 0.6) is 5.75 Å². The van der Waals surface area contributed by atoms with E-state index >= 15 is 0 Å². The molecule has 4 aliphatic rings. The van der Waals surface area contributed by atoms with E-state index in [1.54, 1.807) is 7.11 Å². The molecule has 1 amide bonds. The van der Waals surface area contributed by atoms with Crippen LogP contribution >= 0.6 is 0 Å². The van der Waals surface area contributed by atoms with E-state index in [-0.39, 0.29) is 29.9 Å². The van der Waals surface area contributed by atoms with Crippen LogP contribution in [0.2, 0.25) is 0 Å². The molecule has 4 fully saturated rings. The standard InChI is InChI=1S/C26H37FN2O3/c1-31-22-8-4-21(5-9-22)29-24(30)26-13-10-25(11-14-26,12-15-26)20-2-6-23(7-3-20)32-18-19(16-27)17-28/h2-3,6-7,16,21-22H,4-5,8-15,17-18,28H2,1H3,(H,29,30)/b19-16+. The largest absolute Gasteiger partial charge is 0.489 e. The average molecular weight is 445 g/mol. The molecule has 1 aromatic rings. The van der Waals surface area contributed by atoms with Crippen molar-refractivity contribution in [3.8, 4) is 5.75 Å². The molecule has 5 nitrogen and oxygen atoms in total. The van der Waals surface area contributed by atoms with Crippen LogP contribution in [0, 0.1) is 5.41 Å². The third kappa shape index (κ3) is 4.72. The Bertz CT molecular complexity index is 790. The highest BCUT2D eigenvalue weighted by molar-refractivity contribution is 5.83. The molecule has 0 heterocycles. The molecule has 3 N–H and O–H groups in total. The summed E-state index contributed by atoms with van der Waals surface area (Å²) in [6.07, 6.45) is 11.0. The van der Waals surface area contributed by atoms with Gasteiger partial charge in [-0.05, 0) is 87.3 Å². The molecule has 0 saturated heterocycles. The normalized spacial score (nSPS) is 32.5. The highest BCUT2D eigenvalue weighted by Gasteiger charge is 2.53. The van der Waals surface area contributed by atoms with Crippen molar-refractivity contribution < 1.29 is 18.7 Å². The summed E-state index contributed by atoms with van der Waals surface area (Å²) >= 11 is 0. The second kappa shape index (κ2) is 9.92. The van der Waals surface area contributed by atoms with Crippen molar-refractivity contribution in [1.82, 2.24) is 5.32 Å². The Kier molecular flexibility index (Phi) is 7.21. The van der Waals surface area contributed by atoms with E-state index in [0.29, 0.717) is 24.0 Å². The van der Waals surface area contributed by atoms with E-state index in [1.165, 1.54) is 5.56 Å². The SMILES string of the molecule is COC1CCC(NC(=O)C23CCC(c4ccc(OC/C(=C/F)CN)cc4)(CC2)CC3)CC1. The van der Waals surface area contributed by atoms with E-state index in [0.717, 1.165) is 70.0 Å². The molecule has 0 aromatic heterocycles. The zero-order valence-corrected chi connectivity index (χ0v) is 19.2. The van der Waals surface area contributed by atoms with Crippen LogP contribution in [0.1, 0.15) is 69.8 Å². The number of halogens is 1. The highest BCUT2D eigenvalue weighted by Crippen LogP contribution is 2.58. The lowest BCUT2D eigenvalue weighted by Crippen LogP contribution is -2.54. The Morgan fingerprint density at radius 2 is 1.72 bits per heavy atom. The fourth-order valence-corrected chi connectivity index (χ4v) is 5.96. The fraction of sp³-hybridized carbons (Fsp3) is 0.654. The van der Waals surface area contributed by atoms with Gasteiger partial charge >= 0.3 is 0 Å². The number of ether oxygens (including phenoxy) is 2. The molecule has 4 saturated carbocycles. The lowest BCUT2D eigenvalue weighted by atomic mass is 9.51. The molecule has 176 valence electrons. The smallest absolute Gasteiger partial charge is 0.226 e. The summed E-state index contributed by atoms with van der Waals surface area (Å²) in [4.78, 5) is 13.3. The Labute approximate surface area is 190 Å². The molecule has 0 aliphatic heterocycles. The first-order chi connectivity index (χ1) is 15.5. The lowest BCUT2D eigenvalue weighted by Gasteiger charge is -2.53. The first-order valence-corrected chi connectivity index (χ1v) is 12.1. The van der Waals surface area contributed by atoms with Crippen molar-refractivity contribution in [3.05, 3.63) is 41.7 Å². The maximum atomic E-state index is 13.3. The second-order valence-electron chi connectivity index (χ2n) is 10.0. The lowest BCUT2D eigenvalue weighted by molar-refractivity contribution is -0.139. The van der Waals surface area contributed by atoms with Gasteiger partial charge in [0.2, 0.25) is 5.91 Å². The van der Waals surface area contributed by atoms with Gasteiger partial charge in [-0.1, -0.05) is 12.1 Å². The van der Waals surface area contributed by atoms with E-state index < -0.39 is 0 Å². The van der Waals surface area contributed by atoms with E-state index in [9.17, 15) is 9.18 Å². The minimum atomic E-state index is -0.180. The second-order valence-corrected chi connectivity index (χ2v) is 10.0. The van der Waals surface area contributed by atoms with Crippen LogP contribution in [-0.2, 0) is 14.9 Å². The van der Waals surface area contributed by atoms with Crippen LogP contribution in [0.25, 0.3) is 0 Å². The van der Waals surface area contributed by atoms with Crippen LogP contribution in [0.15, 0.2) is 36.2 Å². The maximum Gasteiger partial charge on any atom is 0.226 e. The molecular weight excluding hydrogens is 407 g/mol. The summed E-state index contributed by atoms with van der Waals surface area (Å²) in [6, 6.07) is 8.52. The van der Waals surface area contributed by atoms with Crippen molar-refractivity contribution in [2.24, 2.45) is 11.1 Å². The zero-order valence-electron chi connectivity index (χ0n) is 19.2. The van der Waals surface area contributed by atoms with E-state index in [1.807, 2.05) is 12.1 Å². The number of methoxy groups -OCH3 is 1. The molecule has 0 spiro atoms. The van der Waals surface area contributed by atoms with Crippen LogP contribution in [-0.4, -0.2) is 38.3 Å². The van der Waals surface area contributed by atoms with Gasteiger partial charge in [0.1, 0.15) is 12.4 Å². The molecule has 0 unspecified atom stereocenters. The predicted molar refractivity (Wildman–Crippen MR) is 123 cm³/mol. The molecule has 2 bridgehead atoms. The number of rotatable bonds is 8. The van der Waals surface area contributed by atoms with Crippen LogP contribution < -0.4 is 15.8 Å². The first-order valence-electron chi connectivity index (χ1n) is 12.1. The summed E-state index contributed by atoms with van der Waals surface area (Å²) in [6.45, 7) is 0.323. The minimum absolute atomic E-state index is 0.154. The van der Waals surface area contributed by atoms with Gasteiger partial charge in [-0.25, -0.2) is 4.39 Å². The molecular formula is C26H37FN2O3. The van der Waals surface area contributed by atoms with Gasteiger partial charge in [-0.3, -0.25) is 4.79 Å². The molecule has 1 aromatic carbocycles. The number of amides is 1. The van der Waals surface area contributed by atoms with Crippen molar-refractivity contribution in [3.63, 3.8) is 0 Å². The van der Waals surface area contributed by atoms with Gasteiger partial charge in [0, 0.05) is 30.7 Å². The summed E-state index contributed by atoms with van der Waals surface area (Å²) in [5, 5.41) is 3.39. The monoisotopic (exact) mass is 444 g/mol. The first kappa shape index (κ1) is 23.2. The third-order valence-corrected chi connectivity index (χ3v) is 8.38. The van der Waals surface area contributed by atoms with Gasteiger partial charge in [0.15, 0.2) is 0 Å². The number of carbonyl (C=O) groups excluding carboxylic acids is 1. The van der Waals surface area contributed by atoms with Gasteiger partial charge in [0.05, 0.1) is 12.4 Å². The van der Waals surface area contributed by atoms with Crippen LogP contribution in [0.4, 0.5) is 4.39 Å². The molecule has 4 aliphatic carbocycles. The number of hydrogen-bond donors (Lipinski definition) is 2. The van der Waals surface area contributed by atoms with E-state index in [4.69, 9.17) is 15.2 Å². The number of hydrogen-bond acceptors (Lipinski definition) is 4. The van der Waals surface area contributed by atoms with Gasteiger partial charge in [0.25, 0.3) is 0 Å². The predicted octanol–water partition coefficient (Wildman–Crippen LogP) is 4.54. The Hall–Kier alpha value is -1.92. The topological polar surface area (TPSA) is 73.6 Å². The van der Waals surface area contributed by atoms with Crippen molar-refractivity contribution in [1.29, 1.82) is 0 Å². The van der Waals surface area contributed by atoms with Gasteiger partial charge in [-0.15, -0.1) is 0 Å². The van der Waals surface area contributed by atoms with Gasteiger partial charge in [-0.2, -0.15) is 0 Å². The Morgan fingerprint density at radius 1 is 1.09 bits per heavy atom. The molecule has 5 rings (SSSR count). The molecule has 32 heavy (non-hydrogen) atoms. The molecule has 6 heteroatoms.